The monoisotopic (exact) mass is 464 g/mol. The van der Waals surface area contributed by atoms with Gasteiger partial charge >= 0.3 is 0 Å². The summed E-state index contributed by atoms with van der Waals surface area (Å²) in [5, 5.41) is 4.02. The lowest BCUT2D eigenvalue weighted by Crippen LogP contribution is -2.13. The molecule has 2 aromatic heterocycles. The molecule has 0 spiro atoms. The molecule has 4 nitrogen and oxygen atoms in total. The van der Waals surface area contributed by atoms with Crippen molar-refractivity contribution in [1.82, 2.24) is 4.98 Å². The fourth-order valence-corrected chi connectivity index (χ4v) is 4.45. The quantitative estimate of drug-likeness (QED) is 0.293. The number of fused-ring (bicyclic) bond motifs is 1. The van der Waals surface area contributed by atoms with E-state index >= 15 is 0 Å². The number of pyridine rings is 1. The smallest absolute Gasteiger partial charge is 0.196 e. The summed E-state index contributed by atoms with van der Waals surface area (Å²) in [6.07, 6.45) is 1.65. The van der Waals surface area contributed by atoms with E-state index in [2.05, 4.69) is 10.3 Å². The van der Waals surface area contributed by atoms with Crippen molar-refractivity contribution in [3.8, 4) is 22.6 Å². The zero-order chi connectivity index (χ0) is 24.5. The molecule has 0 bridgehead atoms. The number of anilines is 1. The first-order chi connectivity index (χ1) is 16.9. The molecule has 35 heavy (non-hydrogen) atoms. The summed E-state index contributed by atoms with van der Waals surface area (Å²) in [5.41, 5.74) is 5.37. The van der Waals surface area contributed by atoms with Gasteiger partial charge in [0.1, 0.15) is 17.2 Å². The van der Waals surface area contributed by atoms with Crippen molar-refractivity contribution < 1.29 is 8.81 Å². The normalized spacial score (nSPS) is 12.0. The molecule has 0 saturated carbocycles. The van der Waals surface area contributed by atoms with Gasteiger partial charge in [-0.05, 0) is 56.7 Å². The molecule has 0 aliphatic heterocycles. The van der Waals surface area contributed by atoms with Crippen LogP contribution in [0.25, 0.3) is 33.6 Å². The van der Waals surface area contributed by atoms with Gasteiger partial charge in [-0.3, -0.25) is 9.78 Å². The number of hydrogen-bond acceptors (Lipinski definition) is 4. The van der Waals surface area contributed by atoms with Crippen LogP contribution in [0.4, 0.5) is 10.1 Å². The van der Waals surface area contributed by atoms with Crippen LogP contribution in [-0.4, -0.2) is 4.98 Å². The Hall–Kier alpha value is -4.25. The van der Waals surface area contributed by atoms with E-state index in [1.807, 2.05) is 68.4 Å². The SMILES string of the molecule is Cc1cc([C@@H](C)Nc2cccnc2-c2ccccc2F)c2oc(-c3ccccc3)c(C)c(=O)c2c1. The van der Waals surface area contributed by atoms with Crippen molar-refractivity contribution in [2.75, 3.05) is 5.32 Å². The maximum atomic E-state index is 14.5. The lowest BCUT2D eigenvalue weighted by molar-refractivity contribution is 0.605. The van der Waals surface area contributed by atoms with Gasteiger partial charge in [0.05, 0.1) is 22.8 Å². The molecule has 0 radical (unpaired) electrons. The zero-order valence-electron chi connectivity index (χ0n) is 19.8. The standard InChI is InChI=1S/C30H25FN2O2/c1-18-16-23(20(3)33-26-14-9-15-32-27(26)22-12-7-8-13-25(22)31)30-24(17-18)28(34)19(2)29(35-30)21-10-5-4-6-11-21/h4-17,20,33H,1-3H3/t20-/m1/s1. The summed E-state index contributed by atoms with van der Waals surface area (Å²) in [7, 11) is 0. The molecule has 3 aromatic carbocycles. The van der Waals surface area contributed by atoms with Gasteiger partial charge in [0.25, 0.3) is 0 Å². The van der Waals surface area contributed by atoms with E-state index in [4.69, 9.17) is 4.42 Å². The van der Waals surface area contributed by atoms with Crippen molar-refractivity contribution in [2.45, 2.75) is 26.8 Å². The fourth-order valence-electron chi connectivity index (χ4n) is 4.45. The predicted molar refractivity (Wildman–Crippen MR) is 139 cm³/mol. The van der Waals surface area contributed by atoms with Crippen molar-refractivity contribution >= 4 is 16.7 Å². The van der Waals surface area contributed by atoms with Crippen LogP contribution in [-0.2, 0) is 0 Å². The molecule has 0 amide bonds. The molecular weight excluding hydrogens is 439 g/mol. The highest BCUT2D eigenvalue weighted by Crippen LogP contribution is 2.34. The molecule has 0 unspecified atom stereocenters. The van der Waals surface area contributed by atoms with Crippen LogP contribution in [0.15, 0.2) is 94.3 Å². The van der Waals surface area contributed by atoms with Gasteiger partial charge in [-0.25, -0.2) is 4.39 Å². The number of benzene rings is 3. The summed E-state index contributed by atoms with van der Waals surface area (Å²) in [6, 6.07) is 23.5. The number of aryl methyl sites for hydroxylation is 1. The highest BCUT2D eigenvalue weighted by molar-refractivity contribution is 5.85. The van der Waals surface area contributed by atoms with Gasteiger partial charge in [0.2, 0.25) is 0 Å². The topological polar surface area (TPSA) is 55.1 Å². The first kappa shape index (κ1) is 22.5. The van der Waals surface area contributed by atoms with E-state index in [1.54, 1.807) is 31.3 Å². The number of hydrogen-bond donors (Lipinski definition) is 1. The van der Waals surface area contributed by atoms with E-state index in [9.17, 15) is 9.18 Å². The summed E-state index contributed by atoms with van der Waals surface area (Å²) >= 11 is 0. The van der Waals surface area contributed by atoms with Crippen LogP contribution in [0.3, 0.4) is 0 Å². The third-order valence-electron chi connectivity index (χ3n) is 6.20. The fraction of sp³-hybridized carbons (Fsp3) is 0.133. The first-order valence-electron chi connectivity index (χ1n) is 11.5. The molecule has 1 atom stereocenters. The van der Waals surface area contributed by atoms with E-state index in [-0.39, 0.29) is 17.3 Å². The lowest BCUT2D eigenvalue weighted by atomic mass is 9.98. The average Bonchev–Trinajstić information content (AvgIpc) is 2.87. The molecule has 0 aliphatic carbocycles. The maximum Gasteiger partial charge on any atom is 0.196 e. The van der Waals surface area contributed by atoms with Crippen LogP contribution in [0.2, 0.25) is 0 Å². The molecule has 0 fully saturated rings. The molecule has 0 aliphatic rings. The Kier molecular flexibility index (Phi) is 5.91. The molecule has 174 valence electrons. The third-order valence-corrected chi connectivity index (χ3v) is 6.20. The second-order valence-corrected chi connectivity index (χ2v) is 8.73. The van der Waals surface area contributed by atoms with Gasteiger partial charge in [0, 0.05) is 28.5 Å². The largest absolute Gasteiger partial charge is 0.455 e. The minimum absolute atomic E-state index is 0.0457. The first-order valence-corrected chi connectivity index (χ1v) is 11.5. The summed E-state index contributed by atoms with van der Waals surface area (Å²) in [6.45, 7) is 5.76. The second-order valence-electron chi connectivity index (χ2n) is 8.73. The van der Waals surface area contributed by atoms with Gasteiger partial charge in [-0.2, -0.15) is 0 Å². The Bertz CT molecular complexity index is 1590. The summed E-state index contributed by atoms with van der Waals surface area (Å²) in [4.78, 5) is 17.8. The number of rotatable bonds is 5. The molecular formula is C30H25FN2O2. The average molecular weight is 465 g/mol. The van der Waals surface area contributed by atoms with Gasteiger partial charge in [-0.1, -0.05) is 48.5 Å². The lowest BCUT2D eigenvalue weighted by Gasteiger charge is -2.20. The van der Waals surface area contributed by atoms with Crippen LogP contribution in [0.1, 0.15) is 29.7 Å². The Morgan fingerprint density at radius 1 is 0.943 bits per heavy atom. The predicted octanol–water partition coefficient (Wildman–Crippen LogP) is 7.45. The van der Waals surface area contributed by atoms with Gasteiger partial charge in [0.15, 0.2) is 5.43 Å². The van der Waals surface area contributed by atoms with Crippen molar-refractivity contribution in [2.24, 2.45) is 0 Å². The van der Waals surface area contributed by atoms with Crippen LogP contribution in [0.5, 0.6) is 0 Å². The zero-order valence-corrected chi connectivity index (χ0v) is 19.8. The highest BCUT2D eigenvalue weighted by atomic mass is 19.1. The minimum Gasteiger partial charge on any atom is -0.455 e. The van der Waals surface area contributed by atoms with Crippen LogP contribution < -0.4 is 10.7 Å². The number of halogens is 1. The van der Waals surface area contributed by atoms with E-state index in [0.29, 0.717) is 39.2 Å². The third kappa shape index (κ3) is 4.21. The van der Waals surface area contributed by atoms with E-state index in [0.717, 1.165) is 16.7 Å². The number of nitrogens with zero attached hydrogens (tertiary/aromatic N) is 1. The Labute approximate surface area is 203 Å². The minimum atomic E-state index is -0.336. The molecule has 1 N–H and O–H groups in total. The van der Waals surface area contributed by atoms with Crippen molar-refractivity contribution in [3.05, 3.63) is 118 Å². The highest BCUT2D eigenvalue weighted by Gasteiger charge is 2.20. The Morgan fingerprint density at radius 2 is 1.69 bits per heavy atom. The van der Waals surface area contributed by atoms with Crippen molar-refractivity contribution in [3.63, 3.8) is 0 Å². The van der Waals surface area contributed by atoms with Gasteiger partial charge < -0.3 is 9.73 Å². The molecule has 5 rings (SSSR count). The van der Waals surface area contributed by atoms with Gasteiger partial charge in [-0.15, -0.1) is 0 Å². The summed E-state index contributed by atoms with van der Waals surface area (Å²) < 4.78 is 21.0. The molecule has 5 aromatic rings. The second kappa shape index (κ2) is 9.18. The van der Waals surface area contributed by atoms with Crippen LogP contribution >= 0.6 is 0 Å². The van der Waals surface area contributed by atoms with E-state index < -0.39 is 0 Å². The molecule has 5 heteroatoms. The number of aromatic nitrogens is 1. The van der Waals surface area contributed by atoms with E-state index in [1.165, 1.54) is 6.07 Å². The van der Waals surface area contributed by atoms with Crippen molar-refractivity contribution in [1.29, 1.82) is 0 Å². The summed E-state index contributed by atoms with van der Waals surface area (Å²) in [5.74, 6) is 0.228. The molecule has 2 heterocycles. The maximum absolute atomic E-state index is 14.5. The Morgan fingerprint density at radius 3 is 2.46 bits per heavy atom. The Balaban J connectivity index is 1.64. The molecule has 0 saturated heterocycles. The number of nitrogens with one attached hydrogen (secondary N) is 1. The van der Waals surface area contributed by atoms with Crippen LogP contribution in [0, 0.1) is 19.7 Å².